The van der Waals surface area contributed by atoms with Crippen LogP contribution in [0.4, 0.5) is 5.13 Å². The van der Waals surface area contributed by atoms with E-state index in [0.717, 1.165) is 16.2 Å². The summed E-state index contributed by atoms with van der Waals surface area (Å²) in [6, 6.07) is 10.9. The Morgan fingerprint density at radius 1 is 0.857 bits per heavy atom. The van der Waals surface area contributed by atoms with Crippen LogP contribution in [0.15, 0.2) is 42.5 Å². The van der Waals surface area contributed by atoms with Crippen molar-refractivity contribution in [3.8, 4) is 0 Å². The molecule has 10 nitrogen and oxygen atoms in total. The second-order valence-corrected chi connectivity index (χ2v) is 9.63. The maximum atomic E-state index is 12.8. The number of nitrogens with zero attached hydrogens (tertiary/aromatic N) is 4. The zero-order valence-corrected chi connectivity index (χ0v) is 19.6. The highest BCUT2D eigenvalue weighted by molar-refractivity contribution is 7.15. The van der Waals surface area contributed by atoms with E-state index in [1.807, 2.05) is 13.8 Å². The third kappa shape index (κ3) is 3.89. The van der Waals surface area contributed by atoms with E-state index >= 15 is 0 Å². The average Bonchev–Trinajstić information content (AvgIpc) is 3.45. The molecule has 3 heterocycles. The van der Waals surface area contributed by atoms with Gasteiger partial charge in [-0.2, -0.15) is 0 Å². The summed E-state index contributed by atoms with van der Waals surface area (Å²) >= 11 is 1.03. The van der Waals surface area contributed by atoms with Crippen LogP contribution >= 0.6 is 11.3 Å². The van der Waals surface area contributed by atoms with Gasteiger partial charge in [0.1, 0.15) is 5.01 Å². The molecule has 2 aliphatic heterocycles. The third-order valence-corrected chi connectivity index (χ3v) is 6.46. The average molecular weight is 490 g/mol. The summed E-state index contributed by atoms with van der Waals surface area (Å²) in [6.45, 7) is 4.05. The van der Waals surface area contributed by atoms with Crippen LogP contribution in [0.5, 0.6) is 0 Å². The summed E-state index contributed by atoms with van der Waals surface area (Å²) in [4.78, 5) is 65.3. The van der Waals surface area contributed by atoms with Gasteiger partial charge in [-0.05, 0) is 36.2 Å². The summed E-state index contributed by atoms with van der Waals surface area (Å²) in [5.74, 6) is -2.02. The number of aromatic nitrogens is 2. The molecule has 2 aliphatic rings. The summed E-state index contributed by atoms with van der Waals surface area (Å²) in [7, 11) is 0. The van der Waals surface area contributed by atoms with Crippen LogP contribution in [0.3, 0.4) is 0 Å². The highest BCUT2D eigenvalue weighted by atomic mass is 32.1. The Morgan fingerprint density at radius 3 is 2.11 bits per heavy atom. The van der Waals surface area contributed by atoms with Crippen molar-refractivity contribution in [3.63, 3.8) is 0 Å². The molecule has 5 amide bonds. The molecule has 176 valence electrons. The number of anilines is 1. The largest absolute Gasteiger partial charge is 0.296 e. The highest BCUT2D eigenvalue weighted by Gasteiger charge is 2.37. The van der Waals surface area contributed by atoms with Crippen LogP contribution in [0.2, 0.25) is 0 Å². The quantitative estimate of drug-likeness (QED) is 0.527. The number of nitrogens with one attached hydrogen (secondary N) is 1. The van der Waals surface area contributed by atoms with Gasteiger partial charge in [-0.25, -0.2) is 0 Å². The number of carbonyl (C=O) groups excluding carboxylic acids is 5. The lowest BCUT2D eigenvalue weighted by molar-refractivity contribution is 0.0624. The SMILES string of the molecule is CC(C)CN1C(=O)c2ccc(C(=O)Nc3nnc(CN4C(=O)c5ccccc5C4=O)s3)cc2C1=O. The molecule has 1 aromatic heterocycles. The van der Waals surface area contributed by atoms with Gasteiger partial charge in [0.15, 0.2) is 0 Å². The van der Waals surface area contributed by atoms with Gasteiger partial charge in [0, 0.05) is 12.1 Å². The Kier molecular flexibility index (Phi) is 5.48. The van der Waals surface area contributed by atoms with E-state index in [9.17, 15) is 24.0 Å². The van der Waals surface area contributed by atoms with Crippen molar-refractivity contribution in [1.82, 2.24) is 20.0 Å². The van der Waals surface area contributed by atoms with Crippen molar-refractivity contribution >= 4 is 46.0 Å². The topological polar surface area (TPSA) is 130 Å². The zero-order valence-electron chi connectivity index (χ0n) is 18.8. The van der Waals surface area contributed by atoms with Crippen molar-refractivity contribution < 1.29 is 24.0 Å². The van der Waals surface area contributed by atoms with Crippen molar-refractivity contribution in [2.75, 3.05) is 11.9 Å². The molecule has 11 heteroatoms. The van der Waals surface area contributed by atoms with Crippen molar-refractivity contribution in [1.29, 1.82) is 0 Å². The number of fused-ring (bicyclic) bond motifs is 2. The molecule has 0 fully saturated rings. The van der Waals surface area contributed by atoms with Crippen LogP contribution in [-0.4, -0.2) is 56.1 Å². The molecule has 0 aliphatic carbocycles. The monoisotopic (exact) mass is 489 g/mol. The molecule has 0 saturated heterocycles. The van der Waals surface area contributed by atoms with Gasteiger partial charge < -0.3 is 0 Å². The van der Waals surface area contributed by atoms with Crippen LogP contribution in [0.25, 0.3) is 0 Å². The molecule has 0 bridgehead atoms. The second-order valence-electron chi connectivity index (χ2n) is 8.57. The smallest absolute Gasteiger partial charge is 0.261 e. The molecule has 0 spiro atoms. The summed E-state index contributed by atoms with van der Waals surface area (Å²) < 4.78 is 0. The third-order valence-electron chi connectivity index (χ3n) is 5.64. The van der Waals surface area contributed by atoms with Crippen molar-refractivity contribution in [2.45, 2.75) is 20.4 Å². The first kappa shape index (κ1) is 22.5. The van der Waals surface area contributed by atoms with E-state index in [-0.39, 0.29) is 40.2 Å². The fourth-order valence-corrected chi connectivity index (χ4v) is 4.74. The molecular weight excluding hydrogens is 470 g/mol. The number of rotatable bonds is 6. The Bertz CT molecular complexity index is 1390. The van der Waals surface area contributed by atoms with Crippen LogP contribution < -0.4 is 5.32 Å². The first-order valence-corrected chi connectivity index (χ1v) is 11.7. The number of hydrogen-bond acceptors (Lipinski definition) is 8. The minimum atomic E-state index is -0.529. The lowest BCUT2D eigenvalue weighted by Crippen LogP contribution is -2.33. The molecule has 35 heavy (non-hydrogen) atoms. The lowest BCUT2D eigenvalue weighted by atomic mass is 10.1. The molecular formula is C24H19N5O5S. The minimum absolute atomic E-state index is 0.0684. The molecule has 2 aromatic carbocycles. The van der Waals surface area contributed by atoms with Gasteiger partial charge >= 0.3 is 0 Å². The first-order chi connectivity index (χ1) is 16.7. The minimum Gasteiger partial charge on any atom is -0.296 e. The fourth-order valence-electron chi connectivity index (χ4n) is 4.02. The molecule has 0 unspecified atom stereocenters. The molecule has 0 radical (unpaired) electrons. The molecule has 1 N–H and O–H groups in total. The number of carbonyl (C=O) groups is 5. The van der Waals surface area contributed by atoms with Gasteiger partial charge in [-0.3, -0.25) is 39.1 Å². The molecule has 0 atom stereocenters. The Morgan fingerprint density at radius 2 is 1.46 bits per heavy atom. The Balaban J connectivity index is 1.28. The summed E-state index contributed by atoms with van der Waals surface area (Å²) in [5, 5.41) is 11.1. The normalized spacial score (nSPS) is 14.7. The van der Waals surface area contributed by atoms with E-state index in [1.165, 1.54) is 23.1 Å². The van der Waals surface area contributed by atoms with Gasteiger partial charge in [0.2, 0.25) is 5.13 Å². The number of benzene rings is 2. The molecule has 0 saturated carbocycles. The van der Waals surface area contributed by atoms with E-state index < -0.39 is 23.6 Å². The maximum Gasteiger partial charge on any atom is 0.261 e. The van der Waals surface area contributed by atoms with E-state index in [0.29, 0.717) is 22.7 Å². The predicted octanol–water partition coefficient (Wildman–Crippen LogP) is 2.84. The van der Waals surface area contributed by atoms with Crippen molar-refractivity contribution in [2.24, 2.45) is 5.92 Å². The highest BCUT2D eigenvalue weighted by Crippen LogP contribution is 2.27. The lowest BCUT2D eigenvalue weighted by Gasteiger charge is -2.15. The van der Waals surface area contributed by atoms with E-state index in [2.05, 4.69) is 15.5 Å². The van der Waals surface area contributed by atoms with Crippen LogP contribution in [0, 0.1) is 5.92 Å². The van der Waals surface area contributed by atoms with Crippen molar-refractivity contribution in [3.05, 3.63) is 75.3 Å². The Labute approximate surface area is 203 Å². The zero-order chi connectivity index (χ0) is 24.9. The van der Waals surface area contributed by atoms with E-state index in [1.54, 1.807) is 24.3 Å². The number of amides is 5. The van der Waals surface area contributed by atoms with Gasteiger partial charge in [-0.1, -0.05) is 37.3 Å². The second kappa shape index (κ2) is 8.51. The molecule has 3 aromatic rings. The predicted molar refractivity (Wildman–Crippen MR) is 125 cm³/mol. The standard InChI is InChI=1S/C24H19N5O5S/c1-12(2)10-28-22(33)16-8-7-13(9-17(16)23(28)34)19(30)25-24-27-26-18(35-24)11-29-20(31)14-5-3-4-6-15(14)21(29)32/h3-9,12H,10-11H2,1-2H3,(H,25,27,30). The first-order valence-electron chi connectivity index (χ1n) is 10.8. The van der Waals surface area contributed by atoms with Gasteiger partial charge in [0.25, 0.3) is 29.5 Å². The maximum absolute atomic E-state index is 12.8. The van der Waals surface area contributed by atoms with Crippen LogP contribution in [-0.2, 0) is 6.54 Å². The summed E-state index contributed by atoms with van der Waals surface area (Å²) in [5.41, 5.74) is 1.32. The fraction of sp³-hybridized carbons (Fsp3) is 0.208. The summed E-state index contributed by atoms with van der Waals surface area (Å²) in [6.07, 6.45) is 0. The van der Waals surface area contributed by atoms with Crippen LogP contribution in [0.1, 0.15) is 70.6 Å². The number of hydrogen-bond donors (Lipinski definition) is 1. The van der Waals surface area contributed by atoms with Gasteiger partial charge in [0.05, 0.1) is 28.8 Å². The van der Waals surface area contributed by atoms with Gasteiger partial charge in [-0.15, -0.1) is 10.2 Å². The van der Waals surface area contributed by atoms with E-state index in [4.69, 9.17) is 0 Å². The Hall–Kier alpha value is -4.25. The molecule has 5 rings (SSSR count). The number of imide groups is 2.